The molecule has 0 aliphatic heterocycles. The average molecular weight is 496 g/mol. The molecule has 38 heavy (non-hydrogen) atoms. The van der Waals surface area contributed by atoms with Crippen molar-refractivity contribution in [3.8, 4) is 11.1 Å². The first-order chi connectivity index (χ1) is 18.1. The fourth-order valence-electron chi connectivity index (χ4n) is 6.54. The molecule has 0 aromatic heterocycles. The molecule has 0 bridgehead atoms. The van der Waals surface area contributed by atoms with Gasteiger partial charge in [-0.1, -0.05) is 126 Å². The second-order valence-corrected chi connectivity index (χ2v) is 12.3. The second kappa shape index (κ2) is 8.60. The fraction of sp³-hybridized carbons (Fsp3) is 0.243. The number of benzene rings is 5. The number of hydrogen-bond acceptors (Lipinski definition) is 1. The Morgan fingerprint density at radius 2 is 1.00 bits per heavy atom. The van der Waals surface area contributed by atoms with Crippen LogP contribution in [0.4, 0.5) is 17.1 Å². The summed E-state index contributed by atoms with van der Waals surface area (Å²) in [5.74, 6) is 0. The summed E-state index contributed by atoms with van der Waals surface area (Å²) >= 11 is 0. The lowest BCUT2D eigenvalue weighted by Crippen LogP contribution is -2.42. The first-order valence-corrected chi connectivity index (χ1v) is 13.7. The molecule has 0 amide bonds. The van der Waals surface area contributed by atoms with Crippen LogP contribution in [0.2, 0.25) is 0 Å². The van der Waals surface area contributed by atoms with E-state index in [1.54, 1.807) is 0 Å². The Kier molecular flexibility index (Phi) is 5.54. The molecule has 5 aromatic rings. The molecule has 1 heteroatoms. The van der Waals surface area contributed by atoms with Crippen LogP contribution in [-0.4, -0.2) is 0 Å². The van der Waals surface area contributed by atoms with Gasteiger partial charge in [0.15, 0.2) is 0 Å². The quantitative estimate of drug-likeness (QED) is 0.240. The fourth-order valence-corrected chi connectivity index (χ4v) is 6.54. The van der Waals surface area contributed by atoms with Crippen molar-refractivity contribution in [3.05, 3.63) is 126 Å². The van der Waals surface area contributed by atoms with Crippen molar-refractivity contribution in [2.24, 2.45) is 5.41 Å². The molecule has 190 valence electrons. The molecule has 5 aromatic carbocycles. The highest BCUT2D eigenvalue weighted by molar-refractivity contribution is 6.06. The van der Waals surface area contributed by atoms with E-state index in [1.807, 2.05) is 0 Å². The number of fused-ring (bicyclic) bond motifs is 2. The lowest BCUT2D eigenvalue weighted by atomic mass is 9.59. The van der Waals surface area contributed by atoms with E-state index in [4.69, 9.17) is 0 Å². The standard InChI is InChI=1S/C37H37N/c1-35(2)32-23-21-26(25-33(32)36(3,4)37(35,5)6)29-22-24-34(31-20-14-13-19-30(29)31)38(27-15-9-7-10-16-27)28-17-11-8-12-18-28/h7-25H,1-6H3. The Hall–Kier alpha value is -3.84. The van der Waals surface area contributed by atoms with Gasteiger partial charge in [0.2, 0.25) is 0 Å². The zero-order chi connectivity index (χ0) is 26.7. The summed E-state index contributed by atoms with van der Waals surface area (Å²) in [5, 5.41) is 2.52. The highest BCUT2D eigenvalue weighted by Gasteiger charge is 2.56. The number of para-hydroxylation sites is 2. The van der Waals surface area contributed by atoms with Gasteiger partial charge in [-0.2, -0.15) is 0 Å². The van der Waals surface area contributed by atoms with Gasteiger partial charge in [0, 0.05) is 16.8 Å². The zero-order valence-corrected chi connectivity index (χ0v) is 23.4. The van der Waals surface area contributed by atoms with Crippen molar-refractivity contribution < 1.29 is 0 Å². The maximum absolute atomic E-state index is 2.47. The van der Waals surface area contributed by atoms with E-state index in [-0.39, 0.29) is 16.2 Å². The van der Waals surface area contributed by atoms with E-state index in [9.17, 15) is 0 Å². The molecular formula is C37H37N. The Bertz CT molecular complexity index is 1580. The number of rotatable bonds is 4. The Labute approximate surface area is 227 Å². The number of anilines is 3. The van der Waals surface area contributed by atoms with E-state index >= 15 is 0 Å². The number of hydrogen-bond donors (Lipinski definition) is 0. The van der Waals surface area contributed by atoms with Gasteiger partial charge in [-0.25, -0.2) is 0 Å². The molecule has 0 spiro atoms. The van der Waals surface area contributed by atoms with Crippen LogP contribution < -0.4 is 4.90 Å². The summed E-state index contributed by atoms with van der Waals surface area (Å²) in [5.41, 5.74) is 9.37. The third kappa shape index (κ3) is 3.45. The second-order valence-electron chi connectivity index (χ2n) is 12.3. The summed E-state index contributed by atoms with van der Waals surface area (Å²) in [6.45, 7) is 14.5. The lowest BCUT2D eigenvalue weighted by Gasteiger charge is -2.44. The van der Waals surface area contributed by atoms with Crippen LogP contribution in [0, 0.1) is 5.41 Å². The first-order valence-electron chi connectivity index (χ1n) is 13.7. The maximum atomic E-state index is 2.47. The average Bonchev–Trinajstić information content (AvgIpc) is 3.04. The third-order valence-corrected chi connectivity index (χ3v) is 9.97. The number of nitrogens with zero attached hydrogens (tertiary/aromatic N) is 1. The maximum Gasteiger partial charge on any atom is 0.0540 e. The molecule has 1 aliphatic rings. The molecule has 0 N–H and O–H groups in total. The third-order valence-electron chi connectivity index (χ3n) is 9.97. The molecule has 1 aliphatic carbocycles. The highest BCUT2D eigenvalue weighted by atomic mass is 15.1. The molecule has 1 nitrogen and oxygen atoms in total. The molecule has 0 radical (unpaired) electrons. The summed E-state index contributed by atoms with van der Waals surface area (Å²) in [4.78, 5) is 2.36. The Morgan fingerprint density at radius 1 is 0.474 bits per heavy atom. The van der Waals surface area contributed by atoms with Crippen LogP contribution in [0.15, 0.2) is 115 Å². The van der Waals surface area contributed by atoms with Crippen LogP contribution in [-0.2, 0) is 10.8 Å². The van der Waals surface area contributed by atoms with Crippen molar-refractivity contribution in [1.29, 1.82) is 0 Å². The largest absolute Gasteiger partial charge is 0.310 e. The summed E-state index contributed by atoms with van der Waals surface area (Å²) < 4.78 is 0. The molecule has 0 fully saturated rings. The van der Waals surface area contributed by atoms with Gasteiger partial charge < -0.3 is 4.90 Å². The molecule has 0 saturated carbocycles. The lowest BCUT2D eigenvalue weighted by molar-refractivity contribution is 0.125. The van der Waals surface area contributed by atoms with Gasteiger partial charge >= 0.3 is 0 Å². The normalized spacial score (nSPS) is 16.8. The summed E-state index contributed by atoms with van der Waals surface area (Å²) in [6, 6.07) is 42.0. The summed E-state index contributed by atoms with van der Waals surface area (Å²) in [6.07, 6.45) is 0. The predicted octanol–water partition coefficient (Wildman–Crippen LogP) is 10.6. The van der Waals surface area contributed by atoms with Crippen molar-refractivity contribution in [3.63, 3.8) is 0 Å². The SMILES string of the molecule is CC1(C)c2ccc(-c3ccc(N(c4ccccc4)c4ccccc4)c4ccccc34)cc2C(C)(C)C1(C)C. The van der Waals surface area contributed by atoms with Crippen molar-refractivity contribution in [1.82, 2.24) is 0 Å². The van der Waals surface area contributed by atoms with E-state index in [0.29, 0.717) is 0 Å². The van der Waals surface area contributed by atoms with Gasteiger partial charge in [-0.05, 0) is 74.2 Å². The van der Waals surface area contributed by atoms with Crippen molar-refractivity contribution in [2.45, 2.75) is 52.4 Å². The highest BCUT2D eigenvalue weighted by Crippen LogP contribution is 2.62. The van der Waals surface area contributed by atoms with Crippen molar-refractivity contribution in [2.75, 3.05) is 4.90 Å². The van der Waals surface area contributed by atoms with Gasteiger partial charge in [0.25, 0.3) is 0 Å². The zero-order valence-electron chi connectivity index (χ0n) is 23.4. The van der Waals surface area contributed by atoms with E-state index < -0.39 is 0 Å². The smallest absolute Gasteiger partial charge is 0.0540 e. The molecule has 0 unspecified atom stereocenters. The van der Waals surface area contributed by atoms with Gasteiger partial charge in [0.05, 0.1) is 5.69 Å². The molecule has 6 rings (SSSR count). The Morgan fingerprint density at radius 3 is 1.61 bits per heavy atom. The van der Waals surface area contributed by atoms with E-state index in [1.165, 1.54) is 38.7 Å². The van der Waals surface area contributed by atoms with Crippen LogP contribution in [0.25, 0.3) is 21.9 Å². The minimum Gasteiger partial charge on any atom is -0.310 e. The molecule has 0 heterocycles. The minimum atomic E-state index is 0.0784. The van der Waals surface area contributed by atoms with Crippen LogP contribution >= 0.6 is 0 Å². The van der Waals surface area contributed by atoms with E-state index in [0.717, 1.165) is 11.4 Å². The van der Waals surface area contributed by atoms with Crippen molar-refractivity contribution >= 4 is 27.8 Å². The molecule has 0 atom stereocenters. The van der Waals surface area contributed by atoms with Crippen LogP contribution in [0.3, 0.4) is 0 Å². The first kappa shape index (κ1) is 24.5. The Balaban J connectivity index is 1.56. The monoisotopic (exact) mass is 495 g/mol. The van der Waals surface area contributed by atoms with Gasteiger partial charge in [-0.3, -0.25) is 0 Å². The predicted molar refractivity (Wildman–Crippen MR) is 164 cm³/mol. The topological polar surface area (TPSA) is 3.24 Å². The molecule has 0 saturated heterocycles. The molecular weight excluding hydrogens is 458 g/mol. The minimum absolute atomic E-state index is 0.0784. The van der Waals surface area contributed by atoms with Crippen LogP contribution in [0.5, 0.6) is 0 Å². The van der Waals surface area contributed by atoms with E-state index in [2.05, 4.69) is 162 Å². The summed E-state index contributed by atoms with van der Waals surface area (Å²) in [7, 11) is 0. The van der Waals surface area contributed by atoms with Gasteiger partial charge in [-0.15, -0.1) is 0 Å². The van der Waals surface area contributed by atoms with Crippen LogP contribution in [0.1, 0.15) is 52.7 Å². The van der Waals surface area contributed by atoms with Gasteiger partial charge in [0.1, 0.15) is 0 Å².